The van der Waals surface area contributed by atoms with Crippen molar-refractivity contribution >= 4 is 23.5 Å². The van der Waals surface area contributed by atoms with E-state index in [1.165, 1.54) is 47.8 Å². The average Bonchev–Trinajstić information content (AvgIpc) is 2.88. The Hall–Kier alpha value is -2.88. The summed E-state index contributed by atoms with van der Waals surface area (Å²) < 4.78 is 80.1. The number of thioether (sulfide) groups is 2. The molecule has 0 amide bonds. The fourth-order valence-corrected chi connectivity index (χ4v) is 8.23. The molecular formula is C28H17F6NS2. The number of nitrogens with one attached hydrogen (secondary N) is 1. The lowest BCUT2D eigenvalue weighted by Crippen LogP contribution is -2.57. The Labute approximate surface area is 217 Å². The lowest BCUT2D eigenvalue weighted by molar-refractivity contribution is -0.138. The molecule has 0 aliphatic carbocycles. The Morgan fingerprint density at radius 3 is 1.19 bits per heavy atom. The minimum Gasteiger partial charge on any atom is -0.273 e. The van der Waals surface area contributed by atoms with Crippen LogP contribution in [0.4, 0.5) is 26.3 Å². The quantitative estimate of drug-likeness (QED) is 0.253. The van der Waals surface area contributed by atoms with Crippen LogP contribution in [-0.4, -0.2) is 0 Å². The Balaban J connectivity index is 1.60. The fourth-order valence-electron chi connectivity index (χ4n) is 4.93. The van der Waals surface area contributed by atoms with E-state index in [2.05, 4.69) is 5.32 Å². The van der Waals surface area contributed by atoms with E-state index >= 15 is 0 Å². The molecule has 2 heterocycles. The zero-order valence-electron chi connectivity index (χ0n) is 18.8. The first kappa shape index (κ1) is 24.5. The van der Waals surface area contributed by atoms with Gasteiger partial charge in [-0.2, -0.15) is 26.3 Å². The average molecular weight is 546 g/mol. The molecule has 0 saturated carbocycles. The van der Waals surface area contributed by atoms with Crippen molar-refractivity contribution in [3.63, 3.8) is 0 Å². The zero-order chi connectivity index (χ0) is 26.1. The zero-order valence-corrected chi connectivity index (χ0v) is 20.5. The third-order valence-corrected chi connectivity index (χ3v) is 9.53. The van der Waals surface area contributed by atoms with Crippen LogP contribution >= 0.6 is 23.5 Å². The van der Waals surface area contributed by atoms with Gasteiger partial charge < -0.3 is 0 Å². The highest BCUT2D eigenvalue weighted by Gasteiger charge is 2.55. The van der Waals surface area contributed by atoms with Crippen LogP contribution in [0, 0.1) is 0 Å². The largest absolute Gasteiger partial charge is 0.416 e. The van der Waals surface area contributed by atoms with E-state index in [0.29, 0.717) is 11.1 Å². The van der Waals surface area contributed by atoms with Crippen LogP contribution in [0.15, 0.2) is 107 Å². The summed E-state index contributed by atoms with van der Waals surface area (Å²) in [5.74, 6) is 0. The molecule has 0 unspecified atom stereocenters. The normalized spacial score (nSPS) is 22.8. The molecule has 4 aromatic carbocycles. The van der Waals surface area contributed by atoms with E-state index in [4.69, 9.17) is 0 Å². The standard InChI is InChI=1S/C28H17F6NS2/c29-27(30,31)19-13-9-17(10-14-19)25-21-5-1-3-7-23(21)36-26(35-25,22-6-2-4-8-24(22)37-25)18-11-15-20(16-12-18)28(32,33)34/h1-16,35H/t25-,26-/m1/s1. The molecule has 6 rings (SSSR count). The summed E-state index contributed by atoms with van der Waals surface area (Å²) in [5, 5.41) is 3.70. The van der Waals surface area contributed by atoms with E-state index in [1.54, 1.807) is 0 Å². The summed E-state index contributed by atoms with van der Waals surface area (Å²) in [6.07, 6.45) is -8.94. The van der Waals surface area contributed by atoms with Crippen LogP contribution in [0.5, 0.6) is 0 Å². The number of halogens is 6. The van der Waals surface area contributed by atoms with E-state index in [1.807, 2.05) is 48.5 Å². The van der Waals surface area contributed by atoms with Crippen molar-refractivity contribution in [3.05, 3.63) is 130 Å². The maximum absolute atomic E-state index is 13.3. The van der Waals surface area contributed by atoms with Crippen LogP contribution in [0.3, 0.4) is 0 Å². The van der Waals surface area contributed by atoms with Crippen LogP contribution in [-0.2, 0) is 22.1 Å². The Morgan fingerprint density at radius 2 is 0.838 bits per heavy atom. The molecule has 2 atom stereocenters. The minimum atomic E-state index is -4.47. The molecule has 0 spiro atoms. The summed E-state index contributed by atoms with van der Waals surface area (Å²) >= 11 is 2.97. The van der Waals surface area contributed by atoms with Crippen molar-refractivity contribution in [2.45, 2.75) is 31.9 Å². The molecule has 2 aliphatic rings. The van der Waals surface area contributed by atoms with Gasteiger partial charge in [0.15, 0.2) is 0 Å². The smallest absolute Gasteiger partial charge is 0.273 e. The monoisotopic (exact) mass is 545 g/mol. The van der Waals surface area contributed by atoms with Gasteiger partial charge >= 0.3 is 12.4 Å². The molecule has 4 aromatic rings. The number of alkyl halides is 6. The number of rotatable bonds is 2. The van der Waals surface area contributed by atoms with E-state index < -0.39 is 33.2 Å². The Bertz CT molecular complexity index is 1370. The second-order valence-electron chi connectivity index (χ2n) is 8.83. The summed E-state index contributed by atoms with van der Waals surface area (Å²) in [6.45, 7) is 0. The first-order valence-electron chi connectivity index (χ1n) is 11.2. The van der Waals surface area contributed by atoms with E-state index in [9.17, 15) is 26.3 Å². The van der Waals surface area contributed by atoms with Crippen molar-refractivity contribution < 1.29 is 26.3 Å². The van der Waals surface area contributed by atoms with Crippen molar-refractivity contribution in [1.82, 2.24) is 5.32 Å². The van der Waals surface area contributed by atoms with Gasteiger partial charge in [0.25, 0.3) is 0 Å². The number of benzene rings is 4. The van der Waals surface area contributed by atoms with Crippen LogP contribution in [0.25, 0.3) is 0 Å². The highest BCUT2D eigenvalue weighted by molar-refractivity contribution is 8.02. The molecule has 1 N–H and O–H groups in total. The van der Waals surface area contributed by atoms with Crippen LogP contribution in [0.1, 0.15) is 33.4 Å². The maximum Gasteiger partial charge on any atom is 0.416 e. The molecule has 0 saturated heterocycles. The van der Waals surface area contributed by atoms with Crippen LogP contribution < -0.4 is 5.32 Å². The molecule has 0 aromatic heterocycles. The van der Waals surface area contributed by atoms with Gasteiger partial charge in [0.05, 0.1) is 11.1 Å². The molecule has 37 heavy (non-hydrogen) atoms. The lowest BCUT2D eigenvalue weighted by atomic mass is 9.90. The molecule has 9 heteroatoms. The van der Waals surface area contributed by atoms with E-state index in [-0.39, 0.29) is 0 Å². The van der Waals surface area contributed by atoms with Crippen molar-refractivity contribution in [2.24, 2.45) is 0 Å². The second kappa shape index (κ2) is 8.31. The van der Waals surface area contributed by atoms with Gasteiger partial charge in [-0.05, 0) is 47.5 Å². The van der Waals surface area contributed by atoms with Gasteiger partial charge in [-0.25, -0.2) is 0 Å². The number of fused-ring (bicyclic) bond motifs is 6. The highest BCUT2D eigenvalue weighted by Crippen LogP contribution is 2.64. The number of hydrogen-bond donors (Lipinski definition) is 1. The minimum absolute atomic E-state index is 0.615. The van der Waals surface area contributed by atoms with Crippen molar-refractivity contribution in [3.8, 4) is 0 Å². The second-order valence-corrected chi connectivity index (χ2v) is 11.3. The Kier molecular flexibility index (Phi) is 5.49. The van der Waals surface area contributed by atoms with Gasteiger partial charge in [0.2, 0.25) is 0 Å². The topological polar surface area (TPSA) is 12.0 Å². The van der Waals surface area contributed by atoms with E-state index in [0.717, 1.165) is 45.2 Å². The SMILES string of the molecule is FC(F)(F)c1ccc([C@]23N[C@](c4ccc(C(F)(F)F)cc4)(Sc4ccccc42)c2ccccc2S3)cc1. The van der Waals surface area contributed by atoms with Gasteiger partial charge in [-0.3, -0.25) is 5.32 Å². The molecule has 0 fully saturated rings. The predicted octanol–water partition coefficient (Wildman–Crippen LogP) is 8.63. The van der Waals surface area contributed by atoms with Gasteiger partial charge in [-0.15, -0.1) is 0 Å². The maximum atomic E-state index is 13.3. The lowest BCUT2D eigenvalue weighted by Gasteiger charge is -2.54. The molecule has 2 bridgehead atoms. The molecule has 2 aliphatic heterocycles. The van der Waals surface area contributed by atoms with Gasteiger partial charge in [0, 0.05) is 20.9 Å². The Morgan fingerprint density at radius 1 is 0.486 bits per heavy atom. The van der Waals surface area contributed by atoms with Crippen molar-refractivity contribution in [1.29, 1.82) is 0 Å². The highest BCUT2D eigenvalue weighted by atomic mass is 32.2. The van der Waals surface area contributed by atoms with Crippen LogP contribution in [0.2, 0.25) is 0 Å². The number of hydrogen-bond acceptors (Lipinski definition) is 3. The van der Waals surface area contributed by atoms with Crippen molar-refractivity contribution in [2.75, 3.05) is 0 Å². The predicted molar refractivity (Wildman–Crippen MR) is 132 cm³/mol. The summed E-state index contributed by atoms with van der Waals surface area (Å²) in [5.41, 5.74) is 1.49. The summed E-state index contributed by atoms with van der Waals surface area (Å²) in [4.78, 5) is -0.183. The summed E-state index contributed by atoms with van der Waals surface area (Å²) in [6, 6.07) is 25.4. The molecule has 0 radical (unpaired) electrons. The molecule has 1 nitrogen and oxygen atoms in total. The molecule has 188 valence electrons. The third-order valence-electron chi connectivity index (χ3n) is 6.65. The molecular weight excluding hydrogens is 528 g/mol. The fraction of sp³-hybridized carbons (Fsp3) is 0.143. The van der Waals surface area contributed by atoms with Gasteiger partial charge in [-0.1, -0.05) is 84.2 Å². The first-order valence-corrected chi connectivity index (χ1v) is 12.9. The first-order chi connectivity index (χ1) is 17.5. The third kappa shape index (κ3) is 3.86. The summed E-state index contributed by atoms with van der Waals surface area (Å²) in [7, 11) is 0. The van der Waals surface area contributed by atoms with Gasteiger partial charge in [0.1, 0.15) is 9.74 Å².